The number of benzene rings is 2. The van der Waals surface area contributed by atoms with Crippen molar-refractivity contribution in [2.75, 3.05) is 0 Å². The van der Waals surface area contributed by atoms with Crippen LogP contribution >= 0.6 is 0 Å². The number of hydrogen-bond donors (Lipinski definition) is 1. The second kappa shape index (κ2) is 6.33. The predicted octanol–water partition coefficient (Wildman–Crippen LogP) is 3.51. The highest BCUT2D eigenvalue weighted by Crippen LogP contribution is 2.21. The van der Waals surface area contributed by atoms with Gasteiger partial charge in [0.15, 0.2) is 0 Å². The molecular formula is C20H22N4O. The summed E-state index contributed by atoms with van der Waals surface area (Å²) in [6.07, 6.45) is 0.369. The summed E-state index contributed by atoms with van der Waals surface area (Å²) in [5.74, 6) is 0.968. The molecule has 1 unspecified atom stereocenters. The van der Waals surface area contributed by atoms with Gasteiger partial charge in [-0.05, 0) is 38.5 Å². The zero-order valence-corrected chi connectivity index (χ0v) is 14.6. The van der Waals surface area contributed by atoms with E-state index in [2.05, 4.69) is 22.8 Å². The van der Waals surface area contributed by atoms with Gasteiger partial charge in [0, 0.05) is 11.9 Å². The molecule has 1 N–H and O–H groups in total. The third kappa shape index (κ3) is 2.91. The van der Waals surface area contributed by atoms with Crippen LogP contribution in [0.25, 0.3) is 21.9 Å². The highest BCUT2D eigenvalue weighted by Gasteiger charge is 2.14. The van der Waals surface area contributed by atoms with Crippen LogP contribution in [0.1, 0.15) is 24.9 Å². The average molecular weight is 334 g/mol. The van der Waals surface area contributed by atoms with E-state index in [1.807, 2.05) is 48.9 Å². The van der Waals surface area contributed by atoms with Crippen LogP contribution in [-0.2, 0) is 13.1 Å². The van der Waals surface area contributed by atoms with Crippen LogP contribution in [0.3, 0.4) is 0 Å². The van der Waals surface area contributed by atoms with Crippen molar-refractivity contribution >= 4 is 21.9 Å². The second-order valence-corrected chi connectivity index (χ2v) is 6.57. The van der Waals surface area contributed by atoms with Gasteiger partial charge in [0.2, 0.25) is 0 Å². The molecule has 0 aliphatic carbocycles. The quantitative estimate of drug-likeness (QED) is 0.607. The molecule has 1 atom stereocenters. The zero-order chi connectivity index (χ0) is 17.4. The lowest BCUT2D eigenvalue weighted by Gasteiger charge is -2.11. The molecule has 0 aliphatic heterocycles. The molecule has 4 aromatic rings. The Morgan fingerprint density at radius 1 is 1.04 bits per heavy atom. The van der Waals surface area contributed by atoms with E-state index in [1.165, 1.54) is 5.39 Å². The maximum atomic E-state index is 9.70. The van der Waals surface area contributed by atoms with Crippen LogP contribution in [0.2, 0.25) is 0 Å². The fourth-order valence-corrected chi connectivity index (χ4v) is 3.36. The van der Waals surface area contributed by atoms with Crippen LogP contribution < -0.4 is 0 Å². The van der Waals surface area contributed by atoms with Crippen molar-refractivity contribution in [1.29, 1.82) is 0 Å². The molecule has 2 heterocycles. The van der Waals surface area contributed by atoms with Crippen molar-refractivity contribution in [2.45, 2.75) is 39.5 Å². The Labute approximate surface area is 146 Å². The van der Waals surface area contributed by atoms with Crippen LogP contribution in [0.4, 0.5) is 0 Å². The summed E-state index contributed by atoms with van der Waals surface area (Å²) in [4.78, 5) is 4.82. The molecule has 5 nitrogen and oxygen atoms in total. The van der Waals surface area contributed by atoms with Gasteiger partial charge in [0.05, 0.1) is 34.9 Å². The fourth-order valence-electron chi connectivity index (χ4n) is 3.36. The van der Waals surface area contributed by atoms with Gasteiger partial charge >= 0.3 is 0 Å². The summed E-state index contributed by atoms with van der Waals surface area (Å²) in [6, 6.07) is 16.4. The minimum Gasteiger partial charge on any atom is -0.393 e. The van der Waals surface area contributed by atoms with Crippen molar-refractivity contribution in [3.05, 3.63) is 60.0 Å². The van der Waals surface area contributed by atoms with E-state index in [1.54, 1.807) is 0 Å². The lowest BCUT2D eigenvalue weighted by Crippen LogP contribution is -2.13. The van der Waals surface area contributed by atoms with Gasteiger partial charge in [-0.3, -0.25) is 4.68 Å². The first-order valence-corrected chi connectivity index (χ1v) is 8.68. The number of aliphatic hydroxyl groups excluding tert-OH is 1. The number of para-hydroxylation sites is 3. The smallest absolute Gasteiger partial charge is 0.131 e. The monoisotopic (exact) mass is 334 g/mol. The van der Waals surface area contributed by atoms with Crippen molar-refractivity contribution in [1.82, 2.24) is 19.3 Å². The maximum Gasteiger partial charge on any atom is 0.131 e. The molecule has 0 aliphatic rings. The van der Waals surface area contributed by atoms with Crippen molar-refractivity contribution in [2.24, 2.45) is 0 Å². The topological polar surface area (TPSA) is 55.9 Å². The Balaban J connectivity index is 1.78. The lowest BCUT2D eigenvalue weighted by molar-refractivity contribution is 0.178. The van der Waals surface area contributed by atoms with Gasteiger partial charge in [-0.25, -0.2) is 4.98 Å². The number of nitrogens with zero attached hydrogens (tertiary/aromatic N) is 4. The molecule has 4 rings (SSSR count). The molecule has 25 heavy (non-hydrogen) atoms. The summed E-state index contributed by atoms with van der Waals surface area (Å²) in [6.45, 7) is 5.22. The SMILES string of the molecule is Cc1nn(Cc2nc3ccccc3n2CCC(C)O)c2ccccc12. The molecule has 128 valence electrons. The summed E-state index contributed by atoms with van der Waals surface area (Å²) in [5.41, 5.74) is 4.24. The highest BCUT2D eigenvalue weighted by molar-refractivity contribution is 5.82. The Morgan fingerprint density at radius 3 is 2.56 bits per heavy atom. The lowest BCUT2D eigenvalue weighted by atomic mass is 10.2. The van der Waals surface area contributed by atoms with E-state index in [9.17, 15) is 5.11 Å². The van der Waals surface area contributed by atoms with Gasteiger partial charge in [0.25, 0.3) is 0 Å². The third-order valence-electron chi connectivity index (χ3n) is 4.64. The van der Waals surface area contributed by atoms with E-state index in [4.69, 9.17) is 10.1 Å². The molecule has 0 spiro atoms. The standard InChI is InChI=1S/C20H22N4O/c1-14(25)11-12-23-19-10-6-4-8-17(19)21-20(23)13-24-18-9-5-3-7-16(18)15(2)22-24/h3-10,14,25H,11-13H2,1-2H3. The van der Waals surface area contributed by atoms with E-state index in [0.717, 1.165) is 34.6 Å². The summed E-state index contributed by atoms with van der Waals surface area (Å²) in [7, 11) is 0. The molecule has 0 amide bonds. The van der Waals surface area contributed by atoms with E-state index >= 15 is 0 Å². The molecule has 2 aromatic carbocycles. The first kappa shape index (κ1) is 15.8. The number of imidazole rings is 1. The fraction of sp³-hybridized carbons (Fsp3) is 0.300. The highest BCUT2D eigenvalue weighted by atomic mass is 16.3. The van der Waals surface area contributed by atoms with Crippen LogP contribution in [0.15, 0.2) is 48.5 Å². The summed E-state index contributed by atoms with van der Waals surface area (Å²) in [5, 5.41) is 15.6. The number of aliphatic hydroxyl groups is 1. The normalized spacial score (nSPS) is 12.9. The van der Waals surface area contributed by atoms with E-state index in [0.29, 0.717) is 13.0 Å². The van der Waals surface area contributed by atoms with Gasteiger partial charge in [-0.1, -0.05) is 30.3 Å². The van der Waals surface area contributed by atoms with Crippen molar-refractivity contribution < 1.29 is 5.11 Å². The van der Waals surface area contributed by atoms with Crippen molar-refractivity contribution in [3.8, 4) is 0 Å². The second-order valence-electron chi connectivity index (χ2n) is 6.57. The molecule has 0 saturated heterocycles. The first-order valence-electron chi connectivity index (χ1n) is 8.68. The largest absolute Gasteiger partial charge is 0.393 e. The van der Waals surface area contributed by atoms with Gasteiger partial charge in [-0.2, -0.15) is 5.10 Å². The Hall–Kier alpha value is -2.66. The number of hydrogen-bond acceptors (Lipinski definition) is 3. The Bertz CT molecular complexity index is 1030. The van der Waals surface area contributed by atoms with Gasteiger partial charge in [0.1, 0.15) is 5.82 Å². The number of aromatic nitrogens is 4. The maximum absolute atomic E-state index is 9.70. The van der Waals surface area contributed by atoms with Crippen LogP contribution in [0, 0.1) is 6.92 Å². The number of aryl methyl sites for hydroxylation is 2. The minimum atomic E-state index is -0.332. The van der Waals surface area contributed by atoms with Gasteiger partial charge in [-0.15, -0.1) is 0 Å². The van der Waals surface area contributed by atoms with Crippen LogP contribution in [-0.4, -0.2) is 30.5 Å². The third-order valence-corrected chi connectivity index (χ3v) is 4.64. The number of rotatable bonds is 5. The van der Waals surface area contributed by atoms with E-state index in [-0.39, 0.29) is 6.10 Å². The molecule has 0 saturated carbocycles. The zero-order valence-electron chi connectivity index (χ0n) is 14.6. The molecule has 5 heteroatoms. The summed E-state index contributed by atoms with van der Waals surface area (Å²) < 4.78 is 4.22. The summed E-state index contributed by atoms with van der Waals surface area (Å²) >= 11 is 0. The Kier molecular flexibility index (Phi) is 4.01. The molecular weight excluding hydrogens is 312 g/mol. The molecule has 0 radical (unpaired) electrons. The first-order chi connectivity index (χ1) is 12.1. The Morgan fingerprint density at radius 2 is 1.76 bits per heavy atom. The minimum absolute atomic E-state index is 0.332. The van der Waals surface area contributed by atoms with Gasteiger partial charge < -0.3 is 9.67 Å². The van der Waals surface area contributed by atoms with Crippen LogP contribution in [0.5, 0.6) is 0 Å². The number of fused-ring (bicyclic) bond motifs is 2. The molecule has 2 aromatic heterocycles. The molecule has 0 fully saturated rings. The molecule has 0 bridgehead atoms. The average Bonchev–Trinajstić information content (AvgIpc) is 3.11. The van der Waals surface area contributed by atoms with Crippen molar-refractivity contribution in [3.63, 3.8) is 0 Å². The van der Waals surface area contributed by atoms with E-state index < -0.39 is 0 Å². The predicted molar refractivity (Wildman–Crippen MR) is 99.6 cm³/mol.